The molecule has 2 aromatic carbocycles. The number of benzene rings is 2. The van der Waals surface area contributed by atoms with Crippen molar-refractivity contribution in [2.45, 2.75) is 6.54 Å². The van der Waals surface area contributed by atoms with E-state index < -0.39 is 4.92 Å². The van der Waals surface area contributed by atoms with Gasteiger partial charge in [-0.15, -0.1) is 0 Å². The molecule has 0 saturated heterocycles. The summed E-state index contributed by atoms with van der Waals surface area (Å²) < 4.78 is 0. The van der Waals surface area contributed by atoms with Crippen LogP contribution in [-0.2, 0) is 6.54 Å². The van der Waals surface area contributed by atoms with E-state index in [9.17, 15) is 10.1 Å². The lowest BCUT2D eigenvalue weighted by Crippen LogP contribution is -2.15. The average molecular weight is 335 g/mol. The molecule has 0 radical (unpaired) electrons. The van der Waals surface area contributed by atoms with E-state index in [0.29, 0.717) is 6.54 Å². The number of para-hydroxylation sites is 1. The minimum absolute atomic E-state index is 0.148. The second-order valence-electron chi connectivity index (χ2n) is 5.39. The Morgan fingerprint density at radius 2 is 1.68 bits per heavy atom. The molecule has 126 valence electrons. The fourth-order valence-corrected chi connectivity index (χ4v) is 2.47. The predicted octanol–water partition coefficient (Wildman–Crippen LogP) is 3.76. The largest absolute Gasteiger partial charge is 0.360 e. The highest BCUT2D eigenvalue weighted by Gasteiger charge is 2.26. The topological polar surface area (TPSA) is 84.2 Å². The number of hydrogen-bond donors (Lipinski definition) is 1. The van der Waals surface area contributed by atoms with Crippen LogP contribution in [0.4, 0.5) is 23.0 Å². The molecule has 0 aliphatic carbocycles. The smallest absolute Gasteiger partial charge is 0.353 e. The third kappa shape index (κ3) is 3.72. The standard InChI is InChI=1S/C18H17N5O2/c1-22(15-10-6-3-7-11-15)18-16(23(24)25)17(20-13-21-18)19-12-14-8-4-2-5-9-14/h2-11,13H,12H2,1H3,(H,19,20,21). The van der Waals surface area contributed by atoms with Gasteiger partial charge in [0.1, 0.15) is 6.33 Å². The van der Waals surface area contributed by atoms with Crippen LogP contribution in [0, 0.1) is 10.1 Å². The number of hydrogen-bond acceptors (Lipinski definition) is 6. The fraction of sp³-hybridized carbons (Fsp3) is 0.111. The second-order valence-corrected chi connectivity index (χ2v) is 5.39. The van der Waals surface area contributed by atoms with E-state index in [4.69, 9.17) is 0 Å². The lowest BCUT2D eigenvalue weighted by molar-refractivity contribution is -0.383. The molecule has 0 spiro atoms. The first-order valence-electron chi connectivity index (χ1n) is 7.73. The molecule has 0 aliphatic heterocycles. The Bertz CT molecular complexity index is 856. The number of aromatic nitrogens is 2. The summed E-state index contributed by atoms with van der Waals surface area (Å²) >= 11 is 0. The molecular formula is C18H17N5O2. The Labute approximate surface area is 145 Å². The molecule has 0 bridgehead atoms. The van der Waals surface area contributed by atoms with Crippen LogP contribution in [-0.4, -0.2) is 21.9 Å². The van der Waals surface area contributed by atoms with Crippen molar-refractivity contribution in [1.82, 2.24) is 9.97 Å². The lowest BCUT2D eigenvalue weighted by Gasteiger charge is -2.18. The highest BCUT2D eigenvalue weighted by Crippen LogP contribution is 2.34. The first kappa shape index (κ1) is 16.4. The molecule has 3 rings (SSSR count). The zero-order chi connectivity index (χ0) is 17.6. The predicted molar refractivity (Wildman–Crippen MR) is 97.0 cm³/mol. The van der Waals surface area contributed by atoms with Crippen molar-refractivity contribution in [3.05, 3.63) is 82.7 Å². The maximum atomic E-state index is 11.6. The summed E-state index contributed by atoms with van der Waals surface area (Å²) in [7, 11) is 1.74. The van der Waals surface area contributed by atoms with Gasteiger partial charge in [0.15, 0.2) is 0 Å². The zero-order valence-electron chi connectivity index (χ0n) is 13.7. The maximum Gasteiger partial charge on any atom is 0.353 e. The molecule has 1 N–H and O–H groups in total. The monoisotopic (exact) mass is 335 g/mol. The van der Waals surface area contributed by atoms with E-state index in [2.05, 4.69) is 15.3 Å². The first-order valence-corrected chi connectivity index (χ1v) is 7.73. The summed E-state index contributed by atoms with van der Waals surface area (Å²) in [6.07, 6.45) is 1.33. The van der Waals surface area contributed by atoms with Crippen molar-refractivity contribution >= 4 is 23.0 Å². The van der Waals surface area contributed by atoms with Gasteiger partial charge in [-0.25, -0.2) is 9.97 Å². The van der Waals surface area contributed by atoms with Gasteiger partial charge in [-0.1, -0.05) is 48.5 Å². The van der Waals surface area contributed by atoms with E-state index in [-0.39, 0.29) is 17.3 Å². The lowest BCUT2D eigenvalue weighted by atomic mass is 10.2. The molecule has 0 aliphatic rings. The Morgan fingerprint density at radius 1 is 1.04 bits per heavy atom. The molecule has 0 amide bonds. The normalized spacial score (nSPS) is 10.3. The number of nitrogens with zero attached hydrogens (tertiary/aromatic N) is 4. The van der Waals surface area contributed by atoms with Gasteiger partial charge < -0.3 is 10.2 Å². The molecule has 1 aromatic heterocycles. The van der Waals surface area contributed by atoms with Crippen LogP contribution in [0.2, 0.25) is 0 Å². The van der Waals surface area contributed by atoms with Crippen LogP contribution >= 0.6 is 0 Å². The van der Waals surface area contributed by atoms with Gasteiger partial charge in [0.05, 0.1) is 4.92 Å². The third-order valence-electron chi connectivity index (χ3n) is 3.75. The van der Waals surface area contributed by atoms with Crippen LogP contribution < -0.4 is 10.2 Å². The highest BCUT2D eigenvalue weighted by molar-refractivity contribution is 5.75. The summed E-state index contributed by atoms with van der Waals surface area (Å²) in [4.78, 5) is 21.1. The Morgan fingerprint density at radius 3 is 2.32 bits per heavy atom. The molecule has 1 heterocycles. The number of nitrogens with one attached hydrogen (secondary N) is 1. The molecule has 3 aromatic rings. The van der Waals surface area contributed by atoms with E-state index in [1.807, 2.05) is 60.7 Å². The van der Waals surface area contributed by atoms with Crippen molar-refractivity contribution in [3.8, 4) is 0 Å². The summed E-state index contributed by atoms with van der Waals surface area (Å²) in [6, 6.07) is 19.0. The van der Waals surface area contributed by atoms with Gasteiger partial charge in [0.25, 0.3) is 0 Å². The number of rotatable bonds is 6. The van der Waals surface area contributed by atoms with Crippen molar-refractivity contribution in [2.24, 2.45) is 0 Å². The molecule has 0 fully saturated rings. The van der Waals surface area contributed by atoms with Crippen LogP contribution in [0.3, 0.4) is 0 Å². The van der Waals surface area contributed by atoms with Crippen molar-refractivity contribution in [1.29, 1.82) is 0 Å². The Kier molecular flexibility index (Phi) is 4.84. The van der Waals surface area contributed by atoms with Gasteiger partial charge in [0, 0.05) is 19.3 Å². The van der Waals surface area contributed by atoms with Gasteiger partial charge in [-0.2, -0.15) is 0 Å². The highest BCUT2D eigenvalue weighted by atomic mass is 16.6. The van der Waals surface area contributed by atoms with Crippen molar-refractivity contribution < 1.29 is 4.92 Å². The van der Waals surface area contributed by atoms with Crippen LogP contribution in [0.15, 0.2) is 67.0 Å². The van der Waals surface area contributed by atoms with Gasteiger partial charge in [-0.3, -0.25) is 10.1 Å². The van der Waals surface area contributed by atoms with Crippen molar-refractivity contribution in [3.63, 3.8) is 0 Å². The van der Waals surface area contributed by atoms with Crippen LogP contribution in [0.5, 0.6) is 0 Å². The van der Waals surface area contributed by atoms with Crippen LogP contribution in [0.1, 0.15) is 5.56 Å². The van der Waals surface area contributed by atoms with E-state index in [1.54, 1.807) is 11.9 Å². The van der Waals surface area contributed by atoms with Gasteiger partial charge >= 0.3 is 5.69 Å². The van der Waals surface area contributed by atoms with Crippen molar-refractivity contribution in [2.75, 3.05) is 17.3 Å². The molecule has 0 unspecified atom stereocenters. The maximum absolute atomic E-state index is 11.6. The molecule has 7 heteroatoms. The molecular weight excluding hydrogens is 318 g/mol. The summed E-state index contributed by atoms with van der Waals surface area (Å²) in [5.74, 6) is 0.434. The molecule has 0 saturated carbocycles. The average Bonchev–Trinajstić information content (AvgIpc) is 2.66. The SMILES string of the molecule is CN(c1ccccc1)c1ncnc(NCc2ccccc2)c1[N+](=O)[O-]. The Balaban J connectivity index is 1.93. The van der Waals surface area contributed by atoms with E-state index in [1.165, 1.54) is 6.33 Å². The molecule has 0 atom stereocenters. The zero-order valence-corrected chi connectivity index (χ0v) is 13.7. The van der Waals surface area contributed by atoms with E-state index >= 15 is 0 Å². The summed E-state index contributed by atoms with van der Waals surface area (Å²) in [5, 5.41) is 14.7. The number of nitro groups is 1. The third-order valence-corrected chi connectivity index (χ3v) is 3.75. The first-order chi connectivity index (χ1) is 12.2. The second kappa shape index (κ2) is 7.39. The van der Waals surface area contributed by atoms with Gasteiger partial charge in [0.2, 0.25) is 11.6 Å². The molecule has 25 heavy (non-hydrogen) atoms. The van der Waals surface area contributed by atoms with E-state index in [0.717, 1.165) is 11.3 Å². The minimum Gasteiger partial charge on any atom is -0.360 e. The van der Waals surface area contributed by atoms with Gasteiger partial charge in [-0.05, 0) is 17.7 Å². The quantitative estimate of drug-likeness (QED) is 0.545. The summed E-state index contributed by atoms with van der Waals surface area (Å²) in [6.45, 7) is 0.438. The summed E-state index contributed by atoms with van der Waals surface area (Å²) in [5.41, 5.74) is 1.66. The Hall–Kier alpha value is -3.48. The number of anilines is 3. The minimum atomic E-state index is -0.456. The fourth-order valence-electron chi connectivity index (χ4n) is 2.47. The molecule has 7 nitrogen and oxygen atoms in total. The van der Waals surface area contributed by atoms with Crippen LogP contribution in [0.25, 0.3) is 0 Å².